The first-order valence-corrected chi connectivity index (χ1v) is 37.7. The summed E-state index contributed by atoms with van der Waals surface area (Å²) in [5.74, 6) is -1.54. The molecule has 0 aliphatic carbocycles. The predicted molar refractivity (Wildman–Crippen MR) is 398 cm³/mol. The van der Waals surface area contributed by atoms with Gasteiger partial charge in [-0.3, -0.25) is 28.3 Å². The van der Waals surface area contributed by atoms with Crippen LogP contribution in [0.3, 0.4) is 0 Å². The van der Waals surface area contributed by atoms with Crippen molar-refractivity contribution < 1.29 is 64.8 Å². The van der Waals surface area contributed by atoms with Crippen molar-refractivity contribution in [1.29, 1.82) is 0 Å². The molecule has 32 nitrogen and oxygen atoms in total. The molecule has 3 aromatic heterocycles. The molecule has 0 bridgehead atoms. The number of rotatable bonds is 33. The van der Waals surface area contributed by atoms with Crippen LogP contribution in [-0.4, -0.2) is 177 Å². The Morgan fingerprint density at radius 2 is 0.913 bits per heavy atom. The molecular formula is C67H82N18O14S4. The molecule has 0 unspecified atom stereocenters. The van der Waals surface area contributed by atoms with Crippen LogP contribution < -0.4 is 55.2 Å². The standard InChI is InChI=1S/C67H82N18O14S4/c1-9-81(10-2)51-37-47(49(39-53(51)98-7)77-79-66-72-59(83-27-19-13-20-28-83)55(100-66)35-43(41(5)88)61(90)68-45-23-15-17-25-57(45)102(92,93)94)70-63-74-64(76-65(75-63)85(31-33-86)32-34-87)71-48-38-52(82(11-3)12-4)54(99-8)40-50(48)78-80-67-73-60(84-29-21-14-22-30-84)56(101-67)36-44(42(6)89)62(91)69-46-24-16-18-26-58(46)103(95,96)97/h15-18,23-26,35-40,86-87H,9-14,19-22,27-34H2,1-8H3,(H,68,90)(H,69,91)(H,92,93,94)(H,95,96,97)(H2,70,71,74,75,76)/b43-35-,44-36+,79-77?,80-78?. The highest BCUT2D eigenvalue weighted by Crippen LogP contribution is 2.45. The first-order chi connectivity index (χ1) is 49.4. The molecule has 103 heavy (non-hydrogen) atoms. The van der Waals surface area contributed by atoms with Crippen molar-refractivity contribution in [3.05, 3.63) is 93.7 Å². The fourth-order valence-electron chi connectivity index (χ4n) is 11.5. The van der Waals surface area contributed by atoms with Crippen molar-refractivity contribution in [2.75, 3.05) is 139 Å². The van der Waals surface area contributed by atoms with Gasteiger partial charge in [-0.2, -0.15) is 41.8 Å². The number of anilines is 11. The highest BCUT2D eigenvalue weighted by Gasteiger charge is 2.29. The van der Waals surface area contributed by atoms with Crippen LogP contribution in [-0.2, 0) is 39.4 Å². The largest absolute Gasteiger partial charge is 0.494 e. The Morgan fingerprint density at radius 1 is 0.534 bits per heavy atom. The van der Waals surface area contributed by atoms with Crippen molar-refractivity contribution in [3.8, 4) is 11.5 Å². The van der Waals surface area contributed by atoms with E-state index in [1.54, 1.807) is 29.2 Å². The molecule has 8 N–H and O–H groups in total. The van der Waals surface area contributed by atoms with E-state index in [0.717, 1.165) is 73.3 Å². The van der Waals surface area contributed by atoms with Crippen LogP contribution in [0.5, 0.6) is 11.5 Å². The molecule has 5 heterocycles. The van der Waals surface area contributed by atoms with E-state index in [1.807, 2.05) is 37.5 Å². The molecule has 9 rings (SSSR count). The number of methoxy groups -OCH3 is 2. The van der Waals surface area contributed by atoms with E-state index >= 15 is 0 Å². The highest BCUT2D eigenvalue weighted by molar-refractivity contribution is 7.86. The summed E-state index contributed by atoms with van der Waals surface area (Å²) < 4.78 is 80.9. The SMILES string of the molecule is CCN(CC)c1cc(Nc2nc(Nc3cc(N(CC)CC)c(OC)cc3N=Nc3nc(N4CCCCC4)c(/C=C(\C(C)=O)C(=O)Nc4ccccc4S(=O)(=O)O)s3)nc(N(CCO)CCO)n2)c(N=Nc2nc(N3CCCCC3)c(/C=C(/C(C)=O)C(=O)Nc3ccccc3S(=O)(=O)O)s2)cc1OC. The molecule has 0 spiro atoms. The predicted octanol–water partition coefficient (Wildman–Crippen LogP) is 11.3. The molecule has 0 atom stereocenters. The maximum atomic E-state index is 13.9. The summed E-state index contributed by atoms with van der Waals surface area (Å²) in [5, 5.41) is 51.4. The van der Waals surface area contributed by atoms with Gasteiger partial charge < -0.3 is 65.5 Å². The number of piperidine rings is 2. The lowest BCUT2D eigenvalue weighted by Gasteiger charge is -2.27. The number of ketones is 2. The second-order valence-electron chi connectivity index (χ2n) is 23.3. The summed E-state index contributed by atoms with van der Waals surface area (Å²) in [7, 11) is -6.49. The van der Waals surface area contributed by atoms with Gasteiger partial charge in [-0.1, -0.05) is 46.9 Å². The molecule has 2 aliphatic heterocycles. The van der Waals surface area contributed by atoms with Crippen LogP contribution in [0.4, 0.5) is 85.2 Å². The molecule has 36 heteroatoms. The average Bonchev–Trinajstić information content (AvgIpc) is 1.58. The fraction of sp³-hybridized carbons (Fsp3) is 0.388. The van der Waals surface area contributed by atoms with Crippen LogP contribution in [0.15, 0.2) is 114 Å². The van der Waals surface area contributed by atoms with Crippen molar-refractivity contribution >= 4 is 164 Å². The summed E-state index contributed by atoms with van der Waals surface area (Å²) in [6, 6.07) is 17.4. The lowest BCUT2D eigenvalue weighted by molar-refractivity contribution is -0.120. The maximum absolute atomic E-state index is 13.9. The fourth-order valence-corrected chi connectivity index (χ4v) is 14.5. The molecule has 2 fully saturated rings. The number of hydrogen-bond acceptors (Lipinski definition) is 30. The first-order valence-electron chi connectivity index (χ1n) is 33.2. The zero-order valence-electron chi connectivity index (χ0n) is 58.1. The third-order valence-electron chi connectivity index (χ3n) is 16.6. The number of nitrogens with one attached hydrogen (secondary N) is 4. The monoisotopic (exact) mass is 1490 g/mol. The molecule has 0 radical (unpaired) electrons. The van der Waals surface area contributed by atoms with Crippen molar-refractivity contribution in [1.82, 2.24) is 24.9 Å². The van der Waals surface area contributed by atoms with Crippen molar-refractivity contribution in [3.63, 3.8) is 0 Å². The number of aliphatic hydroxyl groups excluding tert-OH is 2. The number of carbonyl (C=O) groups is 4. The topological polar surface area (TPSA) is 414 Å². The molecule has 548 valence electrons. The summed E-state index contributed by atoms with van der Waals surface area (Å²) in [5.41, 5.74) is 1.18. The smallest absolute Gasteiger partial charge is 0.296 e. The Balaban J connectivity index is 1.14. The lowest BCUT2D eigenvalue weighted by Crippen LogP contribution is -2.31. The van der Waals surface area contributed by atoms with Gasteiger partial charge in [0.15, 0.2) is 11.6 Å². The number of aliphatic hydroxyl groups is 2. The van der Waals surface area contributed by atoms with E-state index < -0.39 is 53.4 Å². The Kier molecular flexibility index (Phi) is 26.5. The number of azo groups is 2. The molecule has 7 aromatic rings. The van der Waals surface area contributed by atoms with Crippen LogP contribution in [0.25, 0.3) is 12.2 Å². The average molecular weight is 1490 g/mol. The normalized spacial score (nSPS) is 13.9. The van der Waals surface area contributed by atoms with Gasteiger partial charge in [-0.15, -0.1) is 20.5 Å². The number of carbonyl (C=O) groups excluding carboxylic acids is 4. The summed E-state index contributed by atoms with van der Waals surface area (Å²) in [4.78, 5) is 88.2. The number of nitrogens with zero attached hydrogens (tertiary/aromatic N) is 14. The van der Waals surface area contributed by atoms with Gasteiger partial charge in [0, 0.05) is 77.6 Å². The van der Waals surface area contributed by atoms with Crippen molar-refractivity contribution in [2.24, 2.45) is 20.5 Å². The zero-order chi connectivity index (χ0) is 74.1. The molecule has 2 saturated heterocycles. The van der Waals surface area contributed by atoms with E-state index in [0.29, 0.717) is 108 Å². The van der Waals surface area contributed by atoms with E-state index in [9.17, 15) is 55.3 Å². The van der Waals surface area contributed by atoms with Crippen LogP contribution in [0, 0.1) is 0 Å². The van der Waals surface area contributed by atoms with Gasteiger partial charge in [-0.25, -0.2) is 0 Å². The number of Topliss-reactive ketones (excluding diaryl/α,β-unsaturated/α-hetero) is 2. The third-order valence-corrected chi connectivity index (χ3v) is 20.2. The lowest BCUT2D eigenvalue weighted by atomic mass is 10.1. The molecule has 2 aliphatic rings. The Morgan fingerprint density at radius 3 is 1.25 bits per heavy atom. The number of benzene rings is 4. The summed E-state index contributed by atoms with van der Waals surface area (Å²) in [6.07, 6.45) is 8.04. The van der Waals surface area contributed by atoms with E-state index in [2.05, 4.69) is 41.3 Å². The van der Waals surface area contributed by atoms with Crippen LogP contribution in [0.1, 0.15) is 89.8 Å². The number of aromatic nitrogens is 5. The minimum atomic E-state index is -4.77. The second-order valence-corrected chi connectivity index (χ2v) is 28.1. The number of para-hydroxylation sites is 2. The van der Waals surface area contributed by atoms with Crippen molar-refractivity contribution in [2.45, 2.75) is 89.9 Å². The van der Waals surface area contributed by atoms with Gasteiger partial charge in [0.2, 0.25) is 28.1 Å². The third kappa shape index (κ3) is 19.4. The summed E-state index contributed by atoms with van der Waals surface area (Å²) in [6.45, 7) is 14.3. The number of hydrogen-bond donors (Lipinski definition) is 8. The van der Waals surface area contributed by atoms with Crippen LogP contribution >= 0.6 is 22.7 Å². The van der Waals surface area contributed by atoms with Gasteiger partial charge in [0.25, 0.3) is 32.1 Å². The van der Waals surface area contributed by atoms with E-state index in [1.165, 1.54) is 76.6 Å². The molecule has 4 aromatic carbocycles. The molecule has 2 amide bonds. The number of amides is 2. The number of ether oxygens (including phenoxy) is 2. The van der Waals surface area contributed by atoms with Gasteiger partial charge >= 0.3 is 0 Å². The Hall–Kier alpha value is -9.95. The highest BCUT2D eigenvalue weighted by atomic mass is 32.2. The minimum Gasteiger partial charge on any atom is -0.494 e. The Labute approximate surface area is 604 Å². The zero-order valence-corrected chi connectivity index (χ0v) is 61.3. The number of thiazole rings is 2. The molecular weight excluding hydrogens is 1410 g/mol. The molecule has 0 saturated carbocycles. The maximum Gasteiger partial charge on any atom is 0.296 e. The quantitative estimate of drug-likeness (QED) is 0.00623. The van der Waals surface area contributed by atoms with Gasteiger partial charge in [0.1, 0.15) is 44.3 Å². The van der Waals surface area contributed by atoms with Crippen LogP contribution in [0.2, 0.25) is 0 Å². The Bertz CT molecular complexity index is 4320. The van der Waals surface area contributed by atoms with E-state index in [-0.39, 0.29) is 88.3 Å². The van der Waals surface area contributed by atoms with E-state index in [4.69, 9.17) is 44.6 Å². The van der Waals surface area contributed by atoms with Gasteiger partial charge in [0.05, 0.1) is 82.5 Å². The first kappa shape index (κ1) is 77.2. The van der Waals surface area contributed by atoms with Gasteiger partial charge in [-0.05, 0) is 129 Å². The minimum absolute atomic E-state index is 0.0123. The second kappa shape index (κ2) is 35.3. The summed E-state index contributed by atoms with van der Waals surface area (Å²) >= 11 is 2.08.